The fourth-order valence-corrected chi connectivity index (χ4v) is 6.67. The second-order valence-electron chi connectivity index (χ2n) is 12.2. The number of amides is 1. The van der Waals surface area contributed by atoms with Crippen molar-refractivity contribution in [1.29, 1.82) is 0 Å². The van der Waals surface area contributed by atoms with E-state index < -0.39 is 12.7 Å². The molecule has 0 radical (unpaired) electrons. The summed E-state index contributed by atoms with van der Waals surface area (Å²) in [6.07, 6.45) is 0.609. The Hall–Kier alpha value is -3.90. The molecular formula is C33H41F3N6O3. The molecule has 2 unspecified atom stereocenters. The maximum atomic E-state index is 13.9. The molecule has 45 heavy (non-hydrogen) atoms. The Morgan fingerprint density at radius 1 is 1.18 bits per heavy atom. The quantitative estimate of drug-likeness (QED) is 0.365. The van der Waals surface area contributed by atoms with Gasteiger partial charge in [0, 0.05) is 66.6 Å². The number of dihydropyridines is 1. The minimum absolute atomic E-state index is 0.0273. The summed E-state index contributed by atoms with van der Waals surface area (Å²) in [7, 11) is 1.48. The van der Waals surface area contributed by atoms with Gasteiger partial charge in [0.15, 0.2) is 0 Å². The van der Waals surface area contributed by atoms with Gasteiger partial charge in [0.1, 0.15) is 5.75 Å². The number of hydrogen-bond donors (Lipinski definition) is 2. The van der Waals surface area contributed by atoms with Crippen LogP contribution in [-0.2, 0) is 6.54 Å². The summed E-state index contributed by atoms with van der Waals surface area (Å²) in [6.45, 7) is 10.4. The highest BCUT2D eigenvalue weighted by Gasteiger charge is 2.34. The normalized spacial score (nSPS) is 18.9. The van der Waals surface area contributed by atoms with E-state index in [2.05, 4.69) is 43.7 Å². The largest absolute Gasteiger partial charge is 0.496 e. The van der Waals surface area contributed by atoms with Crippen molar-refractivity contribution in [2.75, 3.05) is 39.8 Å². The lowest BCUT2D eigenvalue weighted by Crippen LogP contribution is -2.49. The number of alkyl halides is 3. The molecule has 1 fully saturated rings. The smallest absolute Gasteiger partial charge is 0.401 e. The van der Waals surface area contributed by atoms with E-state index in [9.17, 15) is 22.8 Å². The number of ether oxygens (including phenoxy) is 1. The van der Waals surface area contributed by atoms with Gasteiger partial charge < -0.3 is 19.4 Å². The number of piperazine rings is 1. The second-order valence-corrected chi connectivity index (χ2v) is 12.2. The number of aromatic amines is 1. The highest BCUT2D eigenvalue weighted by molar-refractivity contribution is 6.03. The number of carbonyl (C=O) groups is 1. The maximum absolute atomic E-state index is 13.9. The minimum Gasteiger partial charge on any atom is -0.496 e. The summed E-state index contributed by atoms with van der Waals surface area (Å²) in [6, 6.07) is 5.60. The number of aryl methyl sites for hydroxylation is 1. The standard InChI is InChI=1S/C33H41F3N6O3/c1-19-13-24(14-20(2)38-19)25-7-8-42-28(25)16-26(31(43)37-17-27-29(45-6)15-21(3)39-32(27)44)22(4)30(42)23(5)41-11-9-40(10-12-41)18-33(34,35)36/h7-8,13,15-16,20,23H,9-12,14,17-18H2,1-6H3,(H,37,43)(H,39,44). The first-order valence-electron chi connectivity index (χ1n) is 15.2. The molecule has 2 aliphatic heterocycles. The van der Waals surface area contributed by atoms with E-state index in [-0.39, 0.29) is 30.1 Å². The van der Waals surface area contributed by atoms with Crippen LogP contribution in [0.5, 0.6) is 5.75 Å². The van der Waals surface area contributed by atoms with Crippen molar-refractivity contribution in [2.24, 2.45) is 4.99 Å². The van der Waals surface area contributed by atoms with Crippen molar-refractivity contribution in [2.45, 2.75) is 65.8 Å². The summed E-state index contributed by atoms with van der Waals surface area (Å²) in [4.78, 5) is 37.6. The molecule has 3 aromatic rings. The van der Waals surface area contributed by atoms with E-state index in [4.69, 9.17) is 4.74 Å². The number of hydrogen-bond acceptors (Lipinski definition) is 6. The fraction of sp³-hybridized carbons (Fsp3) is 0.485. The molecule has 5 rings (SSSR count). The molecule has 0 saturated carbocycles. The summed E-state index contributed by atoms with van der Waals surface area (Å²) in [5.74, 6) is 0.0586. The molecule has 2 aliphatic rings. The number of fused-ring (bicyclic) bond motifs is 1. The van der Waals surface area contributed by atoms with Crippen LogP contribution in [0.3, 0.4) is 0 Å². The molecule has 5 heterocycles. The number of carbonyl (C=O) groups excluding carboxylic acids is 1. The molecule has 12 heteroatoms. The molecule has 1 amide bonds. The summed E-state index contributed by atoms with van der Waals surface area (Å²) in [5, 5.41) is 2.93. The van der Waals surface area contributed by atoms with Crippen LogP contribution in [0, 0.1) is 13.8 Å². The predicted octanol–water partition coefficient (Wildman–Crippen LogP) is 5.06. The van der Waals surface area contributed by atoms with Gasteiger partial charge in [-0.25, -0.2) is 0 Å². The van der Waals surface area contributed by atoms with E-state index in [1.165, 1.54) is 12.0 Å². The van der Waals surface area contributed by atoms with Crippen molar-refractivity contribution in [3.05, 3.63) is 74.5 Å². The highest BCUT2D eigenvalue weighted by atomic mass is 19.4. The molecule has 0 spiro atoms. The van der Waals surface area contributed by atoms with E-state index >= 15 is 0 Å². The lowest BCUT2D eigenvalue weighted by Gasteiger charge is -2.39. The number of H-pyrrole nitrogens is 1. The summed E-state index contributed by atoms with van der Waals surface area (Å²) >= 11 is 0. The molecule has 242 valence electrons. The summed E-state index contributed by atoms with van der Waals surface area (Å²) in [5.41, 5.74) is 6.71. The zero-order valence-electron chi connectivity index (χ0n) is 26.6. The molecule has 2 N–H and O–H groups in total. The molecule has 1 saturated heterocycles. The van der Waals surface area contributed by atoms with Crippen molar-refractivity contribution in [3.63, 3.8) is 0 Å². The Balaban J connectivity index is 1.53. The Labute approximate surface area is 260 Å². The minimum atomic E-state index is -4.23. The van der Waals surface area contributed by atoms with E-state index in [1.54, 1.807) is 13.0 Å². The molecule has 0 bridgehead atoms. The maximum Gasteiger partial charge on any atom is 0.401 e. The van der Waals surface area contributed by atoms with Crippen LogP contribution in [0.25, 0.3) is 11.1 Å². The number of rotatable bonds is 8. The van der Waals surface area contributed by atoms with Gasteiger partial charge in [0.05, 0.1) is 37.3 Å². The van der Waals surface area contributed by atoms with Gasteiger partial charge in [0.25, 0.3) is 11.5 Å². The number of allylic oxidation sites excluding steroid dienone is 1. The average molecular weight is 627 g/mol. The number of methoxy groups -OCH3 is 1. The Bertz CT molecular complexity index is 1710. The third-order valence-electron chi connectivity index (χ3n) is 8.80. The molecular weight excluding hydrogens is 585 g/mol. The highest BCUT2D eigenvalue weighted by Crippen LogP contribution is 2.35. The van der Waals surface area contributed by atoms with Crippen LogP contribution in [-0.4, -0.2) is 82.9 Å². The Kier molecular flexibility index (Phi) is 9.27. The third kappa shape index (κ3) is 7.01. The van der Waals surface area contributed by atoms with Crippen molar-refractivity contribution < 1.29 is 22.7 Å². The number of aliphatic imine (C=N–C) groups is 1. The monoisotopic (exact) mass is 626 g/mol. The summed E-state index contributed by atoms with van der Waals surface area (Å²) < 4.78 is 46.6. The first kappa shape index (κ1) is 32.5. The van der Waals surface area contributed by atoms with Gasteiger partial charge in [-0.3, -0.25) is 24.4 Å². The van der Waals surface area contributed by atoms with Crippen molar-refractivity contribution in [1.82, 2.24) is 24.5 Å². The van der Waals surface area contributed by atoms with Crippen LogP contribution >= 0.6 is 0 Å². The first-order chi connectivity index (χ1) is 21.3. The van der Waals surface area contributed by atoms with Gasteiger partial charge in [-0.15, -0.1) is 0 Å². The van der Waals surface area contributed by atoms with Crippen LogP contribution in [0.15, 0.2) is 40.3 Å². The Morgan fingerprint density at radius 2 is 1.89 bits per heavy atom. The fourth-order valence-electron chi connectivity index (χ4n) is 6.67. The molecule has 2 atom stereocenters. The van der Waals surface area contributed by atoms with E-state index in [1.807, 2.05) is 33.0 Å². The van der Waals surface area contributed by atoms with Gasteiger partial charge >= 0.3 is 6.18 Å². The van der Waals surface area contributed by atoms with Gasteiger partial charge in [-0.2, -0.15) is 13.2 Å². The lowest BCUT2D eigenvalue weighted by molar-refractivity contribution is -0.149. The second kappa shape index (κ2) is 12.8. The number of nitrogens with zero attached hydrogens (tertiary/aromatic N) is 4. The predicted molar refractivity (Wildman–Crippen MR) is 169 cm³/mol. The van der Waals surface area contributed by atoms with E-state index in [0.717, 1.165) is 40.0 Å². The SMILES string of the molecule is COc1cc(C)[nH]c(=O)c1CNC(=O)c1cc2c(C3=CC(C)=NC(C)C3)ccn2c(C(C)N2CCN(CC(F)(F)F)CC2)c1C. The number of nitrogens with one attached hydrogen (secondary N) is 2. The number of aromatic nitrogens is 2. The van der Waals surface area contributed by atoms with Gasteiger partial charge in [0.2, 0.25) is 0 Å². The first-order valence-corrected chi connectivity index (χ1v) is 15.2. The molecule has 3 aromatic heterocycles. The van der Waals surface area contributed by atoms with Crippen molar-refractivity contribution in [3.8, 4) is 5.75 Å². The molecule has 0 aromatic carbocycles. The molecule has 9 nitrogen and oxygen atoms in total. The van der Waals surface area contributed by atoms with Crippen LogP contribution in [0.1, 0.15) is 71.7 Å². The zero-order chi connectivity index (χ0) is 32.6. The van der Waals surface area contributed by atoms with Gasteiger partial charge in [-0.05, 0) is 76.5 Å². The average Bonchev–Trinajstić information content (AvgIpc) is 3.38. The van der Waals surface area contributed by atoms with Crippen LogP contribution in [0.4, 0.5) is 13.2 Å². The lowest BCUT2D eigenvalue weighted by atomic mass is 9.94. The molecule has 0 aliphatic carbocycles. The number of halogens is 3. The number of pyridine rings is 2. The third-order valence-corrected chi connectivity index (χ3v) is 8.80. The zero-order valence-corrected chi connectivity index (χ0v) is 26.6. The van der Waals surface area contributed by atoms with E-state index in [0.29, 0.717) is 48.7 Å². The van der Waals surface area contributed by atoms with Crippen molar-refractivity contribution >= 4 is 22.7 Å². The Morgan fingerprint density at radius 3 is 2.53 bits per heavy atom. The van der Waals surface area contributed by atoms with Crippen LogP contribution in [0.2, 0.25) is 0 Å². The van der Waals surface area contributed by atoms with Crippen LogP contribution < -0.4 is 15.6 Å². The van der Waals surface area contributed by atoms with Gasteiger partial charge in [-0.1, -0.05) is 0 Å². The topological polar surface area (TPSA) is 94.4 Å².